The molecule has 0 spiro atoms. The molecule has 1 atom stereocenters. The van der Waals surface area contributed by atoms with Gasteiger partial charge < -0.3 is 29.6 Å². The lowest BCUT2D eigenvalue weighted by Gasteiger charge is -2.13. The number of pyridine rings is 1. The molecule has 1 fully saturated rings. The van der Waals surface area contributed by atoms with E-state index in [1.807, 2.05) is 43.3 Å². The summed E-state index contributed by atoms with van der Waals surface area (Å²) in [5.41, 5.74) is 1.03. The van der Waals surface area contributed by atoms with Crippen molar-refractivity contribution in [2.45, 2.75) is 26.3 Å². The minimum atomic E-state index is 0.521. The van der Waals surface area contributed by atoms with E-state index in [-0.39, 0.29) is 0 Å². The number of hydrogen-bond acceptors (Lipinski definition) is 6. The van der Waals surface area contributed by atoms with Gasteiger partial charge in [0.05, 0.1) is 19.8 Å². The standard InChI is InChI=1S/C24H34N4O4/c1-3-31-21-7-4-5-8-22(21)32-23-10-9-19(15-27-23)16-28-24(25-2)26-12-6-13-29-17-20-11-14-30-18-20/h4-5,7-10,15,20H,3,6,11-14,16-18H2,1-2H3,(H2,25,26,28). The normalized spacial score (nSPS) is 16.1. The van der Waals surface area contributed by atoms with Gasteiger partial charge in [-0.2, -0.15) is 0 Å². The molecule has 1 aliphatic rings. The van der Waals surface area contributed by atoms with Gasteiger partial charge in [-0.05, 0) is 37.5 Å². The highest BCUT2D eigenvalue weighted by Crippen LogP contribution is 2.30. The van der Waals surface area contributed by atoms with Crippen molar-refractivity contribution in [3.63, 3.8) is 0 Å². The van der Waals surface area contributed by atoms with Crippen LogP contribution in [0.2, 0.25) is 0 Å². The molecular weight excluding hydrogens is 408 g/mol. The maximum absolute atomic E-state index is 5.87. The molecule has 2 aromatic rings. The number of aliphatic imine (C=N–C) groups is 1. The van der Waals surface area contributed by atoms with E-state index in [4.69, 9.17) is 18.9 Å². The summed E-state index contributed by atoms with van der Waals surface area (Å²) >= 11 is 0. The predicted octanol–water partition coefficient (Wildman–Crippen LogP) is 3.38. The maximum Gasteiger partial charge on any atom is 0.219 e. The highest BCUT2D eigenvalue weighted by molar-refractivity contribution is 5.79. The zero-order valence-corrected chi connectivity index (χ0v) is 19.0. The summed E-state index contributed by atoms with van der Waals surface area (Å²) in [5, 5.41) is 6.60. The van der Waals surface area contributed by atoms with Crippen LogP contribution in [0.4, 0.5) is 0 Å². The van der Waals surface area contributed by atoms with Crippen molar-refractivity contribution in [2.75, 3.05) is 46.6 Å². The molecular formula is C24H34N4O4. The Balaban J connectivity index is 1.35. The second kappa shape index (κ2) is 13.5. The van der Waals surface area contributed by atoms with Crippen LogP contribution in [-0.2, 0) is 16.0 Å². The molecule has 0 bridgehead atoms. The number of nitrogens with one attached hydrogen (secondary N) is 2. The third-order valence-electron chi connectivity index (χ3n) is 4.98. The summed E-state index contributed by atoms with van der Waals surface area (Å²) in [5.74, 6) is 3.18. The third-order valence-corrected chi connectivity index (χ3v) is 4.98. The zero-order valence-electron chi connectivity index (χ0n) is 19.0. The lowest BCUT2D eigenvalue weighted by molar-refractivity contribution is 0.0888. The minimum Gasteiger partial charge on any atom is -0.490 e. The van der Waals surface area contributed by atoms with Crippen LogP contribution < -0.4 is 20.1 Å². The number of ether oxygens (including phenoxy) is 4. The Labute approximate surface area is 190 Å². The van der Waals surface area contributed by atoms with E-state index in [1.165, 1.54) is 0 Å². The molecule has 2 heterocycles. The monoisotopic (exact) mass is 442 g/mol. The molecule has 3 rings (SSSR count). The number of hydrogen-bond donors (Lipinski definition) is 2. The molecule has 1 saturated heterocycles. The van der Waals surface area contributed by atoms with Crippen molar-refractivity contribution in [3.8, 4) is 17.4 Å². The molecule has 174 valence electrons. The first-order valence-electron chi connectivity index (χ1n) is 11.2. The molecule has 0 amide bonds. The van der Waals surface area contributed by atoms with Crippen molar-refractivity contribution >= 4 is 5.96 Å². The van der Waals surface area contributed by atoms with Crippen molar-refractivity contribution in [2.24, 2.45) is 10.9 Å². The molecule has 1 aromatic carbocycles. The lowest BCUT2D eigenvalue weighted by Crippen LogP contribution is -2.37. The molecule has 0 radical (unpaired) electrons. The van der Waals surface area contributed by atoms with E-state index in [1.54, 1.807) is 13.2 Å². The van der Waals surface area contributed by atoms with Gasteiger partial charge in [0.25, 0.3) is 0 Å². The Hall–Kier alpha value is -2.84. The number of aromatic nitrogens is 1. The van der Waals surface area contributed by atoms with E-state index < -0.39 is 0 Å². The highest BCUT2D eigenvalue weighted by atomic mass is 16.5. The van der Waals surface area contributed by atoms with Crippen LogP contribution in [0.15, 0.2) is 47.6 Å². The van der Waals surface area contributed by atoms with Crippen LogP contribution in [0.3, 0.4) is 0 Å². The topological polar surface area (TPSA) is 86.2 Å². The van der Waals surface area contributed by atoms with Gasteiger partial charge >= 0.3 is 0 Å². The fourth-order valence-corrected chi connectivity index (χ4v) is 3.25. The van der Waals surface area contributed by atoms with E-state index in [0.717, 1.165) is 57.3 Å². The van der Waals surface area contributed by atoms with Crippen LogP contribution in [0.25, 0.3) is 0 Å². The SMILES string of the molecule is CCOc1ccccc1Oc1ccc(CNC(=NC)NCCCOCC2CCOC2)cn1. The Morgan fingerprint density at radius 3 is 2.78 bits per heavy atom. The van der Waals surface area contributed by atoms with E-state index in [9.17, 15) is 0 Å². The van der Waals surface area contributed by atoms with E-state index >= 15 is 0 Å². The van der Waals surface area contributed by atoms with E-state index in [0.29, 0.717) is 36.4 Å². The predicted molar refractivity (Wildman–Crippen MR) is 124 cm³/mol. The second-order valence-corrected chi connectivity index (χ2v) is 7.50. The number of rotatable bonds is 12. The van der Waals surface area contributed by atoms with Gasteiger partial charge in [-0.1, -0.05) is 18.2 Å². The molecule has 32 heavy (non-hydrogen) atoms. The molecule has 8 nitrogen and oxygen atoms in total. The average molecular weight is 443 g/mol. The van der Waals surface area contributed by atoms with Crippen LogP contribution >= 0.6 is 0 Å². The molecule has 8 heteroatoms. The van der Waals surface area contributed by atoms with Crippen molar-refractivity contribution in [1.82, 2.24) is 15.6 Å². The molecule has 0 saturated carbocycles. The van der Waals surface area contributed by atoms with Crippen LogP contribution in [0.5, 0.6) is 17.4 Å². The largest absolute Gasteiger partial charge is 0.490 e. The Bertz CT molecular complexity index is 823. The first-order valence-corrected chi connectivity index (χ1v) is 11.2. The smallest absolute Gasteiger partial charge is 0.219 e. The zero-order chi connectivity index (χ0) is 22.4. The number of para-hydroxylation sites is 2. The number of guanidine groups is 1. The second-order valence-electron chi connectivity index (χ2n) is 7.50. The molecule has 1 aromatic heterocycles. The first kappa shape index (κ1) is 23.8. The fourth-order valence-electron chi connectivity index (χ4n) is 3.25. The molecule has 2 N–H and O–H groups in total. The Morgan fingerprint density at radius 2 is 2.06 bits per heavy atom. The van der Waals surface area contributed by atoms with Crippen LogP contribution in [0, 0.1) is 5.92 Å². The summed E-state index contributed by atoms with van der Waals surface area (Å²) in [6.45, 7) is 7.15. The Morgan fingerprint density at radius 1 is 1.19 bits per heavy atom. The van der Waals surface area contributed by atoms with Gasteiger partial charge in [-0.3, -0.25) is 4.99 Å². The van der Waals surface area contributed by atoms with Gasteiger partial charge in [0.2, 0.25) is 5.88 Å². The van der Waals surface area contributed by atoms with Gasteiger partial charge in [0, 0.05) is 51.5 Å². The van der Waals surface area contributed by atoms with Crippen molar-refractivity contribution in [1.29, 1.82) is 0 Å². The van der Waals surface area contributed by atoms with E-state index in [2.05, 4.69) is 20.6 Å². The summed E-state index contributed by atoms with van der Waals surface area (Å²) in [7, 11) is 1.76. The number of benzene rings is 1. The summed E-state index contributed by atoms with van der Waals surface area (Å²) in [4.78, 5) is 8.67. The average Bonchev–Trinajstić information content (AvgIpc) is 3.34. The van der Waals surface area contributed by atoms with Crippen molar-refractivity contribution in [3.05, 3.63) is 48.2 Å². The van der Waals surface area contributed by atoms with Gasteiger partial charge in [0.15, 0.2) is 17.5 Å². The highest BCUT2D eigenvalue weighted by Gasteiger charge is 2.15. The van der Waals surface area contributed by atoms with Gasteiger partial charge in [-0.15, -0.1) is 0 Å². The summed E-state index contributed by atoms with van der Waals surface area (Å²) in [6.07, 6.45) is 3.82. The third kappa shape index (κ3) is 8.01. The first-order chi connectivity index (χ1) is 15.8. The van der Waals surface area contributed by atoms with Crippen molar-refractivity contribution < 1.29 is 18.9 Å². The van der Waals surface area contributed by atoms with Crippen LogP contribution in [-0.4, -0.2) is 57.6 Å². The Kier molecular flexibility index (Phi) is 10.1. The maximum atomic E-state index is 5.87. The lowest BCUT2D eigenvalue weighted by atomic mass is 10.1. The number of nitrogens with zero attached hydrogens (tertiary/aromatic N) is 2. The summed E-state index contributed by atoms with van der Waals surface area (Å²) < 4.78 is 22.5. The molecule has 1 unspecified atom stereocenters. The van der Waals surface area contributed by atoms with Gasteiger partial charge in [0.1, 0.15) is 0 Å². The molecule has 1 aliphatic heterocycles. The quantitative estimate of drug-likeness (QED) is 0.296. The summed E-state index contributed by atoms with van der Waals surface area (Å²) in [6, 6.07) is 11.4. The van der Waals surface area contributed by atoms with Gasteiger partial charge in [-0.25, -0.2) is 4.98 Å². The van der Waals surface area contributed by atoms with Crippen LogP contribution in [0.1, 0.15) is 25.3 Å². The minimum absolute atomic E-state index is 0.521. The fraction of sp³-hybridized carbons (Fsp3) is 0.500. The molecule has 0 aliphatic carbocycles.